The maximum atomic E-state index is 13.3. The van der Waals surface area contributed by atoms with E-state index in [4.69, 9.17) is 11.6 Å². The van der Waals surface area contributed by atoms with Gasteiger partial charge in [-0.3, -0.25) is 9.36 Å². The van der Waals surface area contributed by atoms with Crippen molar-refractivity contribution in [1.82, 2.24) is 24.8 Å². The number of aliphatic hydroxyl groups excluding tert-OH is 2. The monoisotopic (exact) mass is 452 g/mol. The Balaban J connectivity index is 1.54. The van der Waals surface area contributed by atoms with Crippen LogP contribution in [0.25, 0.3) is 11.2 Å². The molecule has 3 heterocycles. The van der Waals surface area contributed by atoms with Crippen LogP contribution in [-0.4, -0.2) is 60.1 Å². The van der Waals surface area contributed by atoms with Gasteiger partial charge in [-0.15, -0.1) is 11.8 Å². The van der Waals surface area contributed by atoms with Crippen molar-refractivity contribution in [3.8, 4) is 0 Å². The van der Waals surface area contributed by atoms with Gasteiger partial charge < -0.3 is 20.8 Å². The Labute approximate surface area is 179 Å². The van der Waals surface area contributed by atoms with E-state index < -0.39 is 34.6 Å². The Hall–Kier alpha value is -2.47. The first kappa shape index (κ1) is 20.8. The zero-order chi connectivity index (χ0) is 21.4. The number of nitrogens with one attached hydrogen (secondary N) is 2. The maximum absolute atomic E-state index is 13.3. The number of nitrogens with zero attached hydrogens (tertiary/aromatic N) is 4. The number of anilines is 1. The number of halogens is 2. The van der Waals surface area contributed by atoms with Crippen LogP contribution < -0.4 is 10.6 Å². The van der Waals surface area contributed by atoms with Crippen LogP contribution in [0.3, 0.4) is 0 Å². The molecule has 0 bridgehead atoms. The van der Waals surface area contributed by atoms with E-state index in [-0.39, 0.29) is 11.8 Å². The van der Waals surface area contributed by atoms with E-state index in [2.05, 4.69) is 25.6 Å². The third-order valence-corrected chi connectivity index (χ3v) is 6.50. The molecule has 1 saturated heterocycles. The van der Waals surface area contributed by atoms with Gasteiger partial charge in [-0.05, 0) is 29.3 Å². The number of thioether (sulfide) groups is 1. The molecular formula is C18H18ClFN6O3S. The Morgan fingerprint density at radius 3 is 2.87 bits per heavy atom. The van der Waals surface area contributed by atoms with Crippen molar-refractivity contribution >= 4 is 46.3 Å². The first-order valence-electron chi connectivity index (χ1n) is 9.00. The molecule has 12 heteroatoms. The van der Waals surface area contributed by atoms with Gasteiger partial charge in [0.15, 0.2) is 17.0 Å². The topological polar surface area (TPSA) is 125 Å². The molecule has 0 unspecified atom stereocenters. The van der Waals surface area contributed by atoms with Gasteiger partial charge in [-0.25, -0.2) is 9.37 Å². The van der Waals surface area contributed by atoms with E-state index in [1.54, 1.807) is 23.7 Å². The molecule has 4 atom stereocenters. The van der Waals surface area contributed by atoms with Crippen LogP contribution in [0.5, 0.6) is 0 Å². The fourth-order valence-corrected chi connectivity index (χ4v) is 4.89. The molecule has 1 aliphatic heterocycles. The fraction of sp³-hybridized carbons (Fsp3) is 0.333. The smallest absolute Gasteiger partial charge is 0.236 e. The lowest BCUT2D eigenvalue weighted by molar-refractivity contribution is -0.123. The van der Waals surface area contributed by atoms with E-state index in [1.807, 2.05) is 0 Å². The molecule has 0 radical (unpaired) electrons. The van der Waals surface area contributed by atoms with Crippen LogP contribution >= 0.6 is 23.4 Å². The van der Waals surface area contributed by atoms with Crippen molar-refractivity contribution < 1.29 is 19.4 Å². The molecule has 4 N–H and O–H groups in total. The van der Waals surface area contributed by atoms with E-state index in [0.29, 0.717) is 22.5 Å². The van der Waals surface area contributed by atoms with Gasteiger partial charge in [-0.2, -0.15) is 9.97 Å². The summed E-state index contributed by atoms with van der Waals surface area (Å²) in [5.74, 6) is -0.446. The molecule has 0 saturated carbocycles. The molecule has 1 fully saturated rings. The van der Waals surface area contributed by atoms with Crippen LogP contribution in [0.2, 0.25) is 5.28 Å². The summed E-state index contributed by atoms with van der Waals surface area (Å²) in [5, 5.41) is 24.9. The summed E-state index contributed by atoms with van der Waals surface area (Å²) in [4.78, 5) is 25.1. The normalized spacial score (nSPS) is 23.6. The predicted molar refractivity (Wildman–Crippen MR) is 111 cm³/mol. The highest BCUT2D eigenvalue weighted by Crippen LogP contribution is 2.43. The van der Waals surface area contributed by atoms with E-state index >= 15 is 0 Å². The Morgan fingerprint density at radius 2 is 2.13 bits per heavy atom. The third kappa shape index (κ3) is 3.81. The van der Waals surface area contributed by atoms with Gasteiger partial charge in [0.05, 0.1) is 6.33 Å². The quantitative estimate of drug-likeness (QED) is 0.427. The minimum atomic E-state index is -1.31. The van der Waals surface area contributed by atoms with E-state index in [1.165, 1.54) is 18.5 Å². The summed E-state index contributed by atoms with van der Waals surface area (Å²) in [5.41, 5.74) is 1.40. The van der Waals surface area contributed by atoms with Gasteiger partial charge in [0, 0.05) is 13.6 Å². The second-order valence-corrected chi connectivity index (χ2v) is 8.29. The Morgan fingerprint density at radius 1 is 1.33 bits per heavy atom. The van der Waals surface area contributed by atoms with Crippen LogP contribution in [0.15, 0.2) is 30.6 Å². The minimum absolute atomic E-state index is 0.00368. The van der Waals surface area contributed by atoms with Crippen LogP contribution in [0.1, 0.15) is 10.9 Å². The van der Waals surface area contributed by atoms with Gasteiger partial charge in [0.1, 0.15) is 28.6 Å². The second-order valence-electron chi connectivity index (χ2n) is 6.69. The van der Waals surface area contributed by atoms with Crippen LogP contribution in [0.4, 0.5) is 10.2 Å². The Bertz CT molecular complexity index is 1100. The highest BCUT2D eigenvalue weighted by atomic mass is 35.5. The summed E-state index contributed by atoms with van der Waals surface area (Å²) < 4.78 is 14.9. The second kappa shape index (κ2) is 8.34. The molecule has 4 rings (SSSR count). The van der Waals surface area contributed by atoms with Gasteiger partial charge in [-0.1, -0.05) is 12.1 Å². The van der Waals surface area contributed by atoms with Gasteiger partial charge in [0.25, 0.3) is 0 Å². The van der Waals surface area contributed by atoms with Crippen molar-refractivity contribution in [3.05, 3.63) is 47.3 Å². The lowest BCUT2D eigenvalue weighted by atomic mass is 10.1. The Kier molecular flexibility index (Phi) is 5.78. The van der Waals surface area contributed by atoms with Crippen LogP contribution in [-0.2, 0) is 11.3 Å². The molecule has 158 valence electrons. The molecule has 1 amide bonds. The fourth-order valence-electron chi connectivity index (χ4n) is 3.29. The number of fused-ring (bicyclic) bond motifs is 1. The average Bonchev–Trinajstić information content (AvgIpc) is 3.27. The summed E-state index contributed by atoms with van der Waals surface area (Å²) in [6.45, 7) is 0.101. The summed E-state index contributed by atoms with van der Waals surface area (Å²) in [6, 6.07) is 5.86. The minimum Gasteiger partial charge on any atom is -0.389 e. The van der Waals surface area contributed by atoms with Crippen molar-refractivity contribution in [2.45, 2.75) is 29.4 Å². The number of aromatic nitrogens is 4. The number of aliphatic hydroxyl groups is 2. The number of carbonyl (C=O) groups excluding carboxylic acids is 1. The van der Waals surface area contributed by atoms with Crippen molar-refractivity contribution in [1.29, 1.82) is 0 Å². The molecule has 3 aromatic rings. The molecule has 30 heavy (non-hydrogen) atoms. The standard InChI is InChI=1S/C18H18ClFN6O3S/c1-21-14-10-15(25-18(19)24-14)26(7-23-10)17-12(28)11(27)13(30-17)16(29)22-6-8-3-2-4-9(20)5-8/h2-5,7,11-13,17,27-28H,6H2,1H3,(H,22,29)(H,21,24,25)/t11-,12+,13-,17+/m0/s1. The van der Waals surface area contributed by atoms with Gasteiger partial charge >= 0.3 is 0 Å². The number of hydrogen-bond donors (Lipinski definition) is 4. The zero-order valence-electron chi connectivity index (χ0n) is 15.7. The van der Waals surface area contributed by atoms with E-state index in [9.17, 15) is 19.4 Å². The maximum Gasteiger partial charge on any atom is 0.236 e. The first-order valence-corrected chi connectivity index (χ1v) is 10.3. The summed E-state index contributed by atoms with van der Waals surface area (Å²) in [7, 11) is 1.67. The average molecular weight is 453 g/mol. The lowest BCUT2D eigenvalue weighted by Crippen LogP contribution is -2.41. The van der Waals surface area contributed by atoms with Gasteiger partial charge in [0.2, 0.25) is 11.2 Å². The number of carbonyl (C=O) groups is 1. The van der Waals surface area contributed by atoms with Crippen LogP contribution in [0, 0.1) is 5.82 Å². The largest absolute Gasteiger partial charge is 0.389 e. The number of hydrogen-bond acceptors (Lipinski definition) is 8. The van der Waals surface area contributed by atoms with Crippen molar-refractivity contribution in [3.63, 3.8) is 0 Å². The molecule has 2 aromatic heterocycles. The first-order chi connectivity index (χ1) is 14.4. The SMILES string of the molecule is CNc1nc(Cl)nc2c1ncn2[C@@H]1S[C@H](C(=O)NCc2cccc(F)c2)[C@@H](O)[C@H]1O. The highest BCUT2D eigenvalue weighted by molar-refractivity contribution is 8.01. The van der Waals surface area contributed by atoms with Crippen molar-refractivity contribution in [2.75, 3.05) is 12.4 Å². The third-order valence-electron chi connectivity index (χ3n) is 4.76. The lowest BCUT2D eigenvalue weighted by Gasteiger charge is -2.17. The number of benzene rings is 1. The van der Waals surface area contributed by atoms with Crippen molar-refractivity contribution in [2.24, 2.45) is 0 Å². The number of imidazole rings is 1. The molecular weight excluding hydrogens is 435 g/mol. The molecule has 0 aliphatic carbocycles. The molecule has 1 aromatic carbocycles. The number of rotatable bonds is 5. The zero-order valence-corrected chi connectivity index (χ0v) is 17.2. The molecule has 9 nitrogen and oxygen atoms in total. The summed E-state index contributed by atoms with van der Waals surface area (Å²) in [6.07, 6.45) is -1.10. The highest BCUT2D eigenvalue weighted by Gasteiger charge is 2.47. The predicted octanol–water partition coefficient (Wildman–Crippen LogP) is 1.31. The summed E-state index contributed by atoms with van der Waals surface area (Å²) >= 11 is 7.06. The number of amides is 1. The molecule has 1 aliphatic rings. The molecule has 0 spiro atoms. The van der Waals surface area contributed by atoms with E-state index in [0.717, 1.165) is 11.8 Å².